The minimum atomic E-state index is -1.05. The predicted octanol–water partition coefficient (Wildman–Crippen LogP) is 1.50. The monoisotopic (exact) mass is 356 g/mol. The first-order chi connectivity index (χ1) is 9.95. The molecule has 1 fully saturated rings. The summed E-state index contributed by atoms with van der Waals surface area (Å²) in [5, 5.41) is 0. The third kappa shape index (κ3) is 3.83. The Morgan fingerprint density at radius 2 is 2.19 bits per heavy atom. The van der Waals surface area contributed by atoms with Crippen molar-refractivity contribution in [2.45, 2.75) is 18.6 Å². The molecule has 1 saturated heterocycles. The molecule has 0 spiro atoms. The van der Waals surface area contributed by atoms with E-state index in [0.29, 0.717) is 26.3 Å². The Kier molecular flexibility index (Phi) is 5.37. The van der Waals surface area contributed by atoms with Gasteiger partial charge < -0.3 is 20.1 Å². The Morgan fingerprint density at radius 3 is 2.81 bits per heavy atom. The summed E-state index contributed by atoms with van der Waals surface area (Å²) in [7, 11) is 1.62. The SMILES string of the molecule is COCC1CN(C(=O)C(C)(N)c2ccc(Br)cc2)CCO1. The highest BCUT2D eigenvalue weighted by molar-refractivity contribution is 9.10. The lowest BCUT2D eigenvalue weighted by Crippen LogP contribution is -2.56. The molecule has 0 saturated carbocycles. The first kappa shape index (κ1) is 16.4. The molecule has 1 amide bonds. The molecule has 5 nitrogen and oxygen atoms in total. The molecule has 0 aromatic heterocycles. The third-order valence-electron chi connectivity index (χ3n) is 3.67. The van der Waals surface area contributed by atoms with E-state index in [9.17, 15) is 4.79 Å². The van der Waals surface area contributed by atoms with E-state index in [-0.39, 0.29) is 12.0 Å². The molecule has 1 aromatic rings. The van der Waals surface area contributed by atoms with Crippen LogP contribution in [0.3, 0.4) is 0 Å². The average molecular weight is 357 g/mol. The number of hydrogen-bond acceptors (Lipinski definition) is 4. The van der Waals surface area contributed by atoms with Gasteiger partial charge in [0.05, 0.1) is 19.3 Å². The van der Waals surface area contributed by atoms with Crippen LogP contribution in [0.2, 0.25) is 0 Å². The summed E-state index contributed by atoms with van der Waals surface area (Å²) in [5.74, 6) is -0.0887. The Morgan fingerprint density at radius 1 is 1.52 bits per heavy atom. The van der Waals surface area contributed by atoms with Crippen molar-refractivity contribution in [1.82, 2.24) is 4.90 Å². The Hall–Kier alpha value is -0.950. The second kappa shape index (κ2) is 6.87. The van der Waals surface area contributed by atoms with Gasteiger partial charge in [0.15, 0.2) is 0 Å². The van der Waals surface area contributed by atoms with Gasteiger partial charge in [0.25, 0.3) is 0 Å². The van der Waals surface area contributed by atoms with Crippen molar-refractivity contribution in [2.75, 3.05) is 33.4 Å². The van der Waals surface area contributed by atoms with E-state index in [1.807, 2.05) is 24.3 Å². The number of methoxy groups -OCH3 is 1. The van der Waals surface area contributed by atoms with Gasteiger partial charge in [-0.15, -0.1) is 0 Å². The summed E-state index contributed by atoms with van der Waals surface area (Å²) in [4.78, 5) is 14.5. The molecule has 2 N–H and O–H groups in total. The number of halogens is 1. The van der Waals surface area contributed by atoms with Crippen LogP contribution in [0.1, 0.15) is 12.5 Å². The van der Waals surface area contributed by atoms with Gasteiger partial charge in [0, 0.05) is 24.7 Å². The highest BCUT2D eigenvalue weighted by atomic mass is 79.9. The second-order valence-corrected chi connectivity index (χ2v) is 6.32. The van der Waals surface area contributed by atoms with Gasteiger partial charge in [-0.25, -0.2) is 0 Å². The van der Waals surface area contributed by atoms with Crippen LogP contribution in [0, 0.1) is 0 Å². The summed E-state index contributed by atoms with van der Waals surface area (Å²) in [6, 6.07) is 7.52. The maximum absolute atomic E-state index is 12.7. The summed E-state index contributed by atoms with van der Waals surface area (Å²) in [6.45, 7) is 3.80. The van der Waals surface area contributed by atoms with E-state index in [0.717, 1.165) is 10.0 Å². The first-order valence-electron chi connectivity index (χ1n) is 6.90. The third-order valence-corrected chi connectivity index (χ3v) is 4.20. The molecule has 0 aliphatic carbocycles. The fourth-order valence-electron chi connectivity index (χ4n) is 2.44. The summed E-state index contributed by atoms with van der Waals surface area (Å²) in [5.41, 5.74) is 6.05. The van der Waals surface area contributed by atoms with Gasteiger partial charge in [-0.3, -0.25) is 4.79 Å². The number of amides is 1. The van der Waals surface area contributed by atoms with Crippen LogP contribution in [0.25, 0.3) is 0 Å². The van der Waals surface area contributed by atoms with Gasteiger partial charge in [0.2, 0.25) is 5.91 Å². The zero-order chi connectivity index (χ0) is 15.5. The molecule has 0 bridgehead atoms. The average Bonchev–Trinajstić information content (AvgIpc) is 2.47. The van der Waals surface area contributed by atoms with Gasteiger partial charge >= 0.3 is 0 Å². The molecule has 2 unspecified atom stereocenters. The van der Waals surface area contributed by atoms with Gasteiger partial charge in [-0.05, 0) is 24.6 Å². The largest absolute Gasteiger partial charge is 0.382 e. The van der Waals surface area contributed by atoms with E-state index in [1.54, 1.807) is 18.9 Å². The minimum absolute atomic E-state index is 0.0887. The van der Waals surface area contributed by atoms with Gasteiger partial charge in [-0.2, -0.15) is 0 Å². The minimum Gasteiger partial charge on any atom is -0.382 e. The second-order valence-electron chi connectivity index (χ2n) is 5.41. The Bertz CT molecular complexity index is 488. The lowest BCUT2D eigenvalue weighted by molar-refractivity contribution is -0.146. The fourth-order valence-corrected chi connectivity index (χ4v) is 2.70. The molecule has 0 radical (unpaired) electrons. The summed E-state index contributed by atoms with van der Waals surface area (Å²) < 4.78 is 11.6. The lowest BCUT2D eigenvalue weighted by atomic mass is 9.91. The molecule has 116 valence electrons. The number of ether oxygens (including phenoxy) is 2. The standard InChI is InChI=1S/C15H21BrN2O3/c1-15(17,11-3-5-12(16)6-4-11)14(19)18-7-8-21-13(9-18)10-20-2/h3-6,13H,7-10,17H2,1-2H3. The Balaban J connectivity index is 2.11. The predicted molar refractivity (Wildman–Crippen MR) is 83.9 cm³/mol. The lowest BCUT2D eigenvalue weighted by Gasteiger charge is -2.37. The van der Waals surface area contributed by atoms with Crippen molar-refractivity contribution >= 4 is 21.8 Å². The maximum Gasteiger partial charge on any atom is 0.247 e. The summed E-state index contributed by atoms with van der Waals surface area (Å²) >= 11 is 3.38. The van der Waals surface area contributed by atoms with Crippen LogP contribution in [0.4, 0.5) is 0 Å². The number of morpholine rings is 1. The van der Waals surface area contributed by atoms with Crippen molar-refractivity contribution in [1.29, 1.82) is 0 Å². The van der Waals surface area contributed by atoms with E-state index >= 15 is 0 Å². The van der Waals surface area contributed by atoms with Crippen LogP contribution in [0.15, 0.2) is 28.7 Å². The molecule has 2 atom stereocenters. The van der Waals surface area contributed by atoms with Crippen LogP contribution in [-0.4, -0.2) is 50.3 Å². The number of nitrogens with zero attached hydrogens (tertiary/aromatic N) is 1. The number of nitrogens with two attached hydrogens (primary N) is 1. The number of hydrogen-bond donors (Lipinski definition) is 1. The fraction of sp³-hybridized carbons (Fsp3) is 0.533. The molecular formula is C15H21BrN2O3. The summed E-state index contributed by atoms with van der Waals surface area (Å²) in [6.07, 6.45) is -0.0894. The zero-order valence-corrected chi connectivity index (χ0v) is 13.9. The molecular weight excluding hydrogens is 336 g/mol. The molecule has 1 heterocycles. The van der Waals surface area contributed by atoms with Crippen LogP contribution < -0.4 is 5.73 Å². The van der Waals surface area contributed by atoms with E-state index < -0.39 is 5.54 Å². The topological polar surface area (TPSA) is 64.8 Å². The van der Waals surface area contributed by atoms with E-state index in [2.05, 4.69) is 15.9 Å². The number of rotatable bonds is 4. The van der Waals surface area contributed by atoms with Crippen molar-refractivity contribution in [2.24, 2.45) is 5.73 Å². The highest BCUT2D eigenvalue weighted by Crippen LogP contribution is 2.23. The molecule has 1 aliphatic heterocycles. The van der Waals surface area contributed by atoms with Gasteiger partial charge in [0.1, 0.15) is 5.54 Å². The quantitative estimate of drug-likeness (QED) is 0.887. The van der Waals surface area contributed by atoms with Crippen LogP contribution in [-0.2, 0) is 19.8 Å². The normalized spacial score (nSPS) is 21.9. The maximum atomic E-state index is 12.7. The van der Waals surface area contributed by atoms with Crippen molar-refractivity contribution < 1.29 is 14.3 Å². The molecule has 6 heteroatoms. The van der Waals surface area contributed by atoms with Gasteiger partial charge in [-0.1, -0.05) is 28.1 Å². The van der Waals surface area contributed by atoms with Crippen molar-refractivity contribution in [3.05, 3.63) is 34.3 Å². The molecule has 21 heavy (non-hydrogen) atoms. The van der Waals surface area contributed by atoms with E-state index in [1.165, 1.54) is 0 Å². The van der Waals surface area contributed by atoms with Crippen LogP contribution >= 0.6 is 15.9 Å². The smallest absolute Gasteiger partial charge is 0.247 e. The van der Waals surface area contributed by atoms with Crippen LogP contribution in [0.5, 0.6) is 0 Å². The Labute approximate surface area is 133 Å². The van der Waals surface area contributed by atoms with Crippen molar-refractivity contribution in [3.8, 4) is 0 Å². The highest BCUT2D eigenvalue weighted by Gasteiger charge is 2.36. The van der Waals surface area contributed by atoms with Crippen molar-refractivity contribution in [3.63, 3.8) is 0 Å². The molecule has 2 rings (SSSR count). The first-order valence-corrected chi connectivity index (χ1v) is 7.69. The number of carbonyl (C=O) groups is 1. The number of benzene rings is 1. The molecule has 1 aliphatic rings. The zero-order valence-electron chi connectivity index (χ0n) is 12.3. The molecule has 1 aromatic carbocycles. The number of carbonyl (C=O) groups excluding carboxylic acids is 1. The van der Waals surface area contributed by atoms with E-state index in [4.69, 9.17) is 15.2 Å².